The molecule has 0 saturated carbocycles. The molecular formula is C12H26N2O. The number of nitrogens with one attached hydrogen (secondary N) is 1. The molecule has 1 atom stereocenters. The first-order valence-electron chi connectivity index (χ1n) is 6.02. The molecule has 1 N–H and O–H groups in total. The molecule has 3 heteroatoms. The summed E-state index contributed by atoms with van der Waals surface area (Å²) in [6, 6.07) is 0. The Hall–Kier alpha value is -0.120. The van der Waals surface area contributed by atoms with Gasteiger partial charge in [0.05, 0.1) is 6.10 Å². The Kier molecular flexibility index (Phi) is 5.03. The van der Waals surface area contributed by atoms with Crippen LogP contribution in [0.4, 0.5) is 0 Å². The number of rotatable bonds is 4. The van der Waals surface area contributed by atoms with Gasteiger partial charge in [0.1, 0.15) is 0 Å². The summed E-state index contributed by atoms with van der Waals surface area (Å²) in [5.74, 6) is 0. The molecule has 0 aliphatic carbocycles. The minimum absolute atomic E-state index is 0.346. The van der Waals surface area contributed by atoms with Gasteiger partial charge in [0.2, 0.25) is 0 Å². The molecule has 15 heavy (non-hydrogen) atoms. The highest BCUT2D eigenvalue weighted by molar-refractivity contribution is 4.78. The topological polar surface area (TPSA) is 24.5 Å². The van der Waals surface area contributed by atoms with Crippen LogP contribution in [0.2, 0.25) is 0 Å². The molecular weight excluding hydrogens is 188 g/mol. The summed E-state index contributed by atoms with van der Waals surface area (Å²) >= 11 is 0. The van der Waals surface area contributed by atoms with Crippen molar-refractivity contribution in [2.45, 2.75) is 33.3 Å². The van der Waals surface area contributed by atoms with Gasteiger partial charge in [0, 0.05) is 32.8 Å². The van der Waals surface area contributed by atoms with E-state index in [0.717, 1.165) is 26.2 Å². The number of hydrogen-bond acceptors (Lipinski definition) is 3. The third kappa shape index (κ3) is 4.96. The Bertz CT molecular complexity index is 182. The third-order valence-electron chi connectivity index (χ3n) is 2.84. The Morgan fingerprint density at radius 3 is 2.87 bits per heavy atom. The lowest BCUT2D eigenvalue weighted by Gasteiger charge is -2.32. The van der Waals surface area contributed by atoms with E-state index in [2.05, 4.69) is 31.0 Å². The number of nitrogens with zero attached hydrogens (tertiary/aromatic N) is 1. The first-order valence-corrected chi connectivity index (χ1v) is 6.02. The molecule has 0 bridgehead atoms. The van der Waals surface area contributed by atoms with Crippen LogP contribution in [0.5, 0.6) is 0 Å². The van der Waals surface area contributed by atoms with Gasteiger partial charge in [-0.2, -0.15) is 0 Å². The molecule has 1 heterocycles. The van der Waals surface area contributed by atoms with Crippen LogP contribution in [0.15, 0.2) is 0 Å². The summed E-state index contributed by atoms with van der Waals surface area (Å²) in [5.41, 5.74) is 0.346. The summed E-state index contributed by atoms with van der Waals surface area (Å²) in [7, 11) is 2.02. The van der Waals surface area contributed by atoms with Gasteiger partial charge in [-0.15, -0.1) is 0 Å². The van der Waals surface area contributed by atoms with Crippen molar-refractivity contribution in [3.8, 4) is 0 Å². The molecule has 0 aromatic heterocycles. The van der Waals surface area contributed by atoms with E-state index in [9.17, 15) is 0 Å². The van der Waals surface area contributed by atoms with Gasteiger partial charge >= 0.3 is 0 Å². The van der Waals surface area contributed by atoms with Crippen LogP contribution in [0.25, 0.3) is 0 Å². The van der Waals surface area contributed by atoms with Crippen molar-refractivity contribution in [1.29, 1.82) is 0 Å². The highest BCUT2D eigenvalue weighted by Crippen LogP contribution is 2.17. The molecule has 90 valence electrons. The van der Waals surface area contributed by atoms with Crippen LogP contribution in [0, 0.1) is 5.41 Å². The molecule has 1 aliphatic heterocycles. The van der Waals surface area contributed by atoms with Crippen molar-refractivity contribution in [2.24, 2.45) is 5.41 Å². The summed E-state index contributed by atoms with van der Waals surface area (Å²) < 4.78 is 5.65. The summed E-state index contributed by atoms with van der Waals surface area (Å²) in [6.45, 7) is 12.2. The molecule has 0 amide bonds. The Balaban J connectivity index is 2.41. The largest absolute Gasteiger partial charge is 0.377 e. The van der Waals surface area contributed by atoms with E-state index >= 15 is 0 Å². The molecule has 1 aliphatic rings. The SMILES string of the molecule is CNCC(C)(C)CN1CCCOC(C)C1. The second-order valence-corrected chi connectivity index (χ2v) is 5.46. The quantitative estimate of drug-likeness (QED) is 0.764. The fourth-order valence-electron chi connectivity index (χ4n) is 2.36. The maximum atomic E-state index is 5.65. The van der Waals surface area contributed by atoms with E-state index in [-0.39, 0.29) is 0 Å². The lowest BCUT2D eigenvalue weighted by Crippen LogP contribution is -2.41. The van der Waals surface area contributed by atoms with Crippen LogP contribution in [-0.4, -0.2) is 50.8 Å². The zero-order valence-corrected chi connectivity index (χ0v) is 10.7. The lowest BCUT2D eigenvalue weighted by molar-refractivity contribution is 0.0618. The van der Waals surface area contributed by atoms with Crippen LogP contribution in [-0.2, 0) is 4.74 Å². The van der Waals surface area contributed by atoms with Crippen molar-refractivity contribution in [3.05, 3.63) is 0 Å². The first kappa shape index (κ1) is 12.9. The zero-order chi connectivity index (χ0) is 11.3. The highest BCUT2D eigenvalue weighted by Gasteiger charge is 2.23. The standard InChI is InChI=1S/C12H26N2O/c1-11-8-14(6-5-7-15-11)10-12(2,3)9-13-4/h11,13H,5-10H2,1-4H3. The Labute approximate surface area is 94.2 Å². The van der Waals surface area contributed by atoms with Gasteiger partial charge in [-0.3, -0.25) is 0 Å². The van der Waals surface area contributed by atoms with Crippen molar-refractivity contribution < 1.29 is 4.74 Å². The maximum absolute atomic E-state index is 5.65. The van der Waals surface area contributed by atoms with E-state index in [4.69, 9.17) is 4.74 Å². The van der Waals surface area contributed by atoms with Crippen molar-refractivity contribution in [1.82, 2.24) is 10.2 Å². The van der Waals surface area contributed by atoms with E-state index in [0.29, 0.717) is 11.5 Å². The van der Waals surface area contributed by atoms with Crippen LogP contribution in [0.3, 0.4) is 0 Å². The molecule has 1 saturated heterocycles. The number of ether oxygens (including phenoxy) is 1. The molecule has 1 unspecified atom stereocenters. The van der Waals surface area contributed by atoms with Gasteiger partial charge in [0.25, 0.3) is 0 Å². The fraction of sp³-hybridized carbons (Fsp3) is 1.00. The van der Waals surface area contributed by atoms with Gasteiger partial charge in [-0.1, -0.05) is 13.8 Å². The van der Waals surface area contributed by atoms with E-state index < -0.39 is 0 Å². The number of hydrogen-bond donors (Lipinski definition) is 1. The summed E-state index contributed by atoms with van der Waals surface area (Å²) in [4.78, 5) is 2.54. The third-order valence-corrected chi connectivity index (χ3v) is 2.84. The smallest absolute Gasteiger partial charge is 0.0673 e. The summed E-state index contributed by atoms with van der Waals surface area (Å²) in [5, 5.41) is 3.27. The van der Waals surface area contributed by atoms with E-state index in [1.807, 2.05) is 7.05 Å². The molecule has 0 aromatic rings. The minimum Gasteiger partial charge on any atom is -0.377 e. The summed E-state index contributed by atoms with van der Waals surface area (Å²) in [6.07, 6.45) is 1.55. The molecule has 0 aromatic carbocycles. The van der Waals surface area contributed by atoms with Gasteiger partial charge < -0.3 is 15.0 Å². The minimum atomic E-state index is 0.346. The van der Waals surface area contributed by atoms with Gasteiger partial charge in [-0.05, 0) is 25.8 Å². The van der Waals surface area contributed by atoms with Gasteiger partial charge in [-0.25, -0.2) is 0 Å². The maximum Gasteiger partial charge on any atom is 0.0673 e. The average Bonchev–Trinajstić information content (AvgIpc) is 2.28. The highest BCUT2D eigenvalue weighted by atomic mass is 16.5. The molecule has 3 nitrogen and oxygen atoms in total. The van der Waals surface area contributed by atoms with E-state index in [1.165, 1.54) is 13.0 Å². The van der Waals surface area contributed by atoms with Crippen LogP contribution >= 0.6 is 0 Å². The van der Waals surface area contributed by atoms with Crippen LogP contribution in [0.1, 0.15) is 27.2 Å². The van der Waals surface area contributed by atoms with Gasteiger partial charge in [0.15, 0.2) is 0 Å². The normalized spacial score (nSPS) is 25.2. The van der Waals surface area contributed by atoms with Crippen LogP contribution < -0.4 is 5.32 Å². The molecule has 0 radical (unpaired) electrons. The monoisotopic (exact) mass is 214 g/mol. The Morgan fingerprint density at radius 2 is 2.20 bits per heavy atom. The van der Waals surface area contributed by atoms with Crippen molar-refractivity contribution in [2.75, 3.05) is 39.8 Å². The zero-order valence-electron chi connectivity index (χ0n) is 10.7. The van der Waals surface area contributed by atoms with Crippen molar-refractivity contribution in [3.63, 3.8) is 0 Å². The second kappa shape index (κ2) is 5.83. The fourth-order valence-corrected chi connectivity index (χ4v) is 2.36. The predicted molar refractivity (Wildman–Crippen MR) is 64.2 cm³/mol. The van der Waals surface area contributed by atoms with Crippen molar-refractivity contribution >= 4 is 0 Å². The second-order valence-electron chi connectivity index (χ2n) is 5.46. The molecule has 1 rings (SSSR count). The molecule has 0 spiro atoms. The molecule has 1 fully saturated rings. The first-order chi connectivity index (χ1) is 7.03. The predicted octanol–water partition coefficient (Wildman–Crippen LogP) is 1.34. The lowest BCUT2D eigenvalue weighted by atomic mass is 9.92. The van der Waals surface area contributed by atoms with E-state index in [1.54, 1.807) is 0 Å². The Morgan fingerprint density at radius 1 is 1.47 bits per heavy atom. The average molecular weight is 214 g/mol.